The smallest absolute Gasteiger partial charge is 0.225 e. The average Bonchev–Trinajstić information content (AvgIpc) is 2.62. The van der Waals surface area contributed by atoms with Crippen LogP contribution in [0.15, 0.2) is 42.6 Å². The van der Waals surface area contributed by atoms with Gasteiger partial charge in [0.05, 0.1) is 11.9 Å². The Hall–Kier alpha value is -2.60. The topological polar surface area (TPSA) is 74.5 Å². The highest BCUT2D eigenvalue weighted by atomic mass is 16.1. The molecule has 3 rings (SSSR count). The van der Waals surface area contributed by atoms with Gasteiger partial charge in [-0.05, 0) is 36.8 Å². The number of anilines is 3. The molecular formula is C19H25N5O. The van der Waals surface area contributed by atoms with Gasteiger partial charge in [0.1, 0.15) is 5.82 Å². The van der Waals surface area contributed by atoms with Crippen molar-refractivity contribution in [1.29, 1.82) is 0 Å². The lowest BCUT2D eigenvalue weighted by Gasteiger charge is -2.36. The summed E-state index contributed by atoms with van der Waals surface area (Å²) in [5.74, 6) is 0.456. The van der Waals surface area contributed by atoms with Crippen molar-refractivity contribution in [3.63, 3.8) is 0 Å². The van der Waals surface area contributed by atoms with Crippen LogP contribution in [0.5, 0.6) is 0 Å². The summed E-state index contributed by atoms with van der Waals surface area (Å²) in [6.45, 7) is 6.83. The van der Waals surface area contributed by atoms with Gasteiger partial charge in [0, 0.05) is 44.8 Å². The molecule has 1 aromatic carbocycles. The number of nitrogens with two attached hydrogens (primary N) is 1. The number of aromatic nitrogens is 1. The number of benzene rings is 1. The maximum Gasteiger partial charge on any atom is 0.225 e. The first-order chi connectivity index (χ1) is 12.1. The van der Waals surface area contributed by atoms with Crippen molar-refractivity contribution < 1.29 is 4.79 Å². The van der Waals surface area contributed by atoms with Crippen molar-refractivity contribution in [2.75, 3.05) is 48.7 Å². The van der Waals surface area contributed by atoms with Gasteiger partial charge in [0.2, 0.25) is 5.91 Å². The van der Waals surface area contributed by atoms with Crippen LogP contribution in [0.4, 0.5) is 17.2 Å². The molecule has 1 aliphatic rings. The second-order valence-corrected chi connectivity index (χ2v) is 6.44. The Morgan fingerprint density at radius 3 is 2.68 bits per heavy atom. The number of carbonyl (C=O) groups excluding carboxylic acids is 1. The van der Waals surface area contributed by atoms with Gasteiger partial charge in [-0.2, -0.15) is 0 Å². The van der Waals surface area contributed by atoms with Crippen LogP contribution in [0.25, 0.3) is 0 Å². The molecular weight excluding hydrogens is 314 g/mol. The summed E-state index contributed by atoms with van der Waals surface area (Å²) >= 11 is 0. The highest BCUT2D eigenvalue weighted by molar-refractivity contribution is 5.90. The van der Waals surface area contributed by atoms with Gasteiger partial charge >= 0.3 is 0 Å². The highest BCUT2D eigenvalue weighted by Gasteiger charge is 2.17. The average molecular weight is 339 g/mol. The standard InChI is InChI=1S/C19H25N5O/c1-15-3-2-4-17(13-15)24-11-9-23(10-12-24)8-7-19(25)22-16-5-6-18(20)21-14-16/h2-6,13-14H,7-12H2,1H3,(H2,20,21)(H,22,25). The zero-order valence-corrected chi connectivity index (χ0v) is 14.6. The summed E-state index contributed by atoms with van der Waals surface area (Å²) in [7, 11) is 0. The second kappa shape index (κ2) is 7.98. The second-order valence-electron chi connectivity index (χ2n) is 6.44. The molecule has 1 aromatic heterocycles. The van der Waals surface area contributed by atoms with Crippen molar-refractivity contribution in [1.82, 2.24) is 9.88 Å². The van der Waals surface area contributed by atoms with Gasteiger partial charge in [-0.1, -0.05) is 12.1 Å². The molecule has 25 heavy (non-hydrogen) atoms. The summed E-state index contributed by atoms with van der Waals surface area (Å²) in [5, 5.41) is 2.86. The first kappa shape index (κ1) is 17.2. The monoisotopic (exact) mass is 339 g/mol. The van der Waals surface area contributed by atoms with Crippen molar-refractivity contribution in [2.45, 2.75) is 13.3 Å². The largest absolute Gasteiger partial charge is 0.384 e. The molecule has 0 spiro atoms. The van der Waals surface area contributed by atoms with Gasteiger partial charge in [0.25, 0.3) is 0 Å². The number of amides is 1. The molecule has 6 nitrogen and oxygen atoms in total. The molecule has 1 fully saturated rings. The van der Waals surface area contributed by atoms with Crippen LogP contribution in [0.3, 0.4) is 0 Å². The zero-order chi connectivity index (χ0) is 17.6. The summed E-state index contributed by atoms with van der Waals surface area (Å²) < 4.78 is 0. The predicted molar refractivity (Wildman–Crippen MR) is 102 cm³/mol. The minimum atomic E-state index is 0.00712. The van der Waals surface area contributed by atoms with Crippen LogP contribution in [-0.4, -0.2) is 48.5 Å². The number of rotatable bonds is 5. The molecule has 0 radical (unpaired) electrons. The third-order valence-corrected chi connectivity index (χ3v) is 4.46. The third kappa shape index (κ3) is 4.93. The van der Waals surface area contributed by atoms with E-state index in [0.29, 0.717) is 17.9 Å². The fourth-order valence-electron chi connectivity index (χ4n) is 3.02. The van der Waals surface area contributed by atoms with Crippen LogP contribution >= 0.6 is 0 Å². The quantitative estimate of drug-likeness (QED) is 0.873. The molecule has 1 aliphatic heterocycles. The highest BCUT2D eigenvalue weighted by Crippen LogP contribution is 2.18. The Balaban J connectivity index is 1.41. The molecule has 2 aromatic rings. The zero-order valence-electron chi connectivity index (χ0n) is 14.6. The van der Waals surface area contributed by atoms with E-state index >= 15 is 0 Å². The van der Waals surface area contributed by atoms with Crippen molar-refractivity contribution in [3.05, 3.63) is 48.2 Å². The number of hydrogen-bond acceptors (Lipinski definition) is 5. The number of nitrogens with zero attached hydrogens (tertiary/aromatic N) is 3. The SMILES string of the molecule is Cc1cccc(N2CCN(CCC(=O)Nc3ccc(N)nc3)CC2)c1. The van der Waals surface area contributed by atoms with Gasteiger partial charge < -0.3 is 16.0 Å². The molecule has 6 heteroatoms. The number of carbonyl (C=O) groups is 1. The van der Waals surface area contributed by atoms with Gasteiger partial charge in [0.15, 0.2) is 0 Å². The molecule has 0 unspecified atom stereocenters. The Bertz CT molecular complexity index is 708. The van der Waals surface area contributed by atoms with Crippen LogP contribution in [-0.2, 0) is 4.79 Å². The summed E-state index contributed by atoms with van der Waals surface area (Å²) in [6, 6.07) is 12.1. The summed E-state index contributed by atoms with van der Waals surface area (Å²) in [5.41, 5.74) is 8.80. The molecule has 3 N–H and O–H groups in total. The number of hydrogen-bond donors (Lipinski definition) is 2. The molecule has 0 aliphatic carbocycles. The first-order valence-electron chi connectivity index (χ1n) is 8.65. The Kier molecular flexibility index (Phi) is 5.50. The van der Waals surface area contributed by atoms with E-state index in [1.165, 1.54) is 11.3 Å². The van der Waals surface area contributed by atoms with Crippen molar-refractivity contribution >= 4 is 23.1 Å². The maximum atomic E-state index is 12.1. The third-order valence-electron chi connectivity index (χ3n) is 4.46. The molecule has 0 bridgehead atoms. The molecule has 0 saturated carbocycles. The van der Waals surface area contributed by atoms with E-state index in [0.717, 1.165) is 32.7 Å². The van der Waals surface area contributed by atoms with Gasteiger partial charge in [-0.15, -0.1) is 0 Å². The maximum absolute atomic E-state index is 12.1. The number of piperazine rings is 1. The minimum Gasteiger partial charge on any atom is -0.384 e. The van der Waals surface area contributed by atoms with E-state index in [9.17, 15) is 4.79 Å². The van der Waals surface area contributed by atoms with Crippen LogP contribution in [0, 0.1) is 6.92 Å². The molecule has 1 saturated heterocycles. The van der Waals surface area contributed by atoms with Crippen LogP contribution in [0.2, 0.25) is 0 Å². The van der Waals surface area contributed by atoms with Crippen molar-refractivity contribution in [3.8, 4) is 0 Å². The van der Waals surface area contributed by atoms with Crippen LogP contribution in [0.1, 0.15) is 12.0 Å². The lowest BCUT2D eigenvalue weighted by Crippen LogP contribution is -2.47. The Labute approximate surface area is 148 Å². The fourth-order valence-corrected chi connectivity index (χ4v) is 3.02. The van der Waals surface area contributed by atoms with Gasteiger partial charge in [-0.3, -0.25) is 9.69 Å². The van der Waals surface area contributed by atoms with E-state index in [1.54, 1.807) is 18.3 Å². The van der Waals surface area contributed by atoms with E-state index in [1.807, 2.05) is 0 Å². The Morgan fingerprint density at radius 2 is 2.00 bits per heavy atom. The summed E-state index contributed by atoms with van der Waals surface area (Å²) in [4.78, 5) is 20.8. The minimum absolute atomic E-state index is 0.00712. The lowest BCUT2D eigenvalue weighted by atomic mass is 10.2. The molecule has 1 amide bonds. The Morgan fingerprint density at radius 1 is 1.20 bits per heavy atom. The lowest BCUT2D eigenvalue weighted by molar-refractivity contribution is -0.116. The fraction of sp³-hybridized carbons (Fsp3) is 0.368. The predicted octanol–water partition coefficient (Wildman–Crippen LogP) is 2.12. The first-order valence-corrected chi connectivity index (χ1v) is 8.65. The molecule has 132 valence electrons. The van der Waals surface area contributed by atoms with Gasteiger partial charge in [-0.25, -0.2) is 4.98 Å². The normalized spacial score (nSPS) is 15.2. The molecule has 2 heterocycles. The van der Waals surface area contributed by atoms with E-state index < -0.39 is 0 Å². The number of pyridine rings is 1. The summed E-state index contributed by atoms with van der Waals surface area (Å²) in [6.07, 6.45) is 2.06. The number of nitrogen functional groups attached to an aromatic ring is 1. The molecule has 0 atom stereocenters. The van der Waals surface area contributed by atoms with E-state index in [4.69, 9.17) is 5.73 Å². The number of aryl methyl sites for hydroxylation is 1. The number of nitrogens with one attached hydrogen (secondary N) is 1. The van der Waals surface area contributed by atoms with Crippen LogP contribution < -0.4 is 16.0 Å². The van der Waals surface area contributed by atoms with E-state index in [-0.39, 0.29) is 5.91 Å². The van der Waals surface area contributed by atoms with Crippen molar-refractivity contribution in [2.24, 2.45) is 0 Å². The van der Waals surface area contributed by atoms with E-state index in [2.05, 4.69) is 51.3 Å².